The first-order valence-corrected chi connectivity index (χ1v) is 10.7. The fourth-order valence-electron chi connectivity index (χ4n) is 3.61. The molecule has 0 atom stereocenters. The van der Waals surface area contributed by atoms with Crippen molar-refractivity contribution < 1.29 is 13.8 Å². The summed E-state index contributed by atoms with van der Waals surface area (Å²) in [4.78, 5) is 20.4. The molecule has 0 radical (unpaired) electrons. The molecule has 0 N–H and O–H groups in total. The lowest BCUT2D eigenvalue weighted by atomic mass is 9.96. The van der Waals surface area contributed by atoms with E-state index >= 15 is 0 Å². The summed E-state index contributed by atoms with van der Waals surface area (Å²) in [7, 11) is 0. The number of carbonyl (C=O) groups is 1. The summed E-state index contributed by atoms with van der Waals surface area (Å²) in [5.41, 5.74) is 2.74. The number of rotatable bonds is 5. The molecule has 0 unspecified atom stereocenters. The molecule has 0 aliphatic carbocycles. The molecule has 0 spiro atoms. The zero-order valence-corrected chi connectivity index (χ0v) is 17.7. The summed E-state index contributed by atoms with van der Waals surface area (Å²) in [5.74, 6) is 3.20. The number of nitrogens with zero attached hydrogens (tertiary/aromatic N) is 4. The Morgan fingerprint density at radius 1 is 1.14 bits per heavy atom. The first kappa shape index (κ1) is 19.7. The van der Waals surface area contributed by atoms with E-state index in [1.54, 1.807) is 11.8 Å². The number of piperidine rings is 1. The van der Waals surface area contributed by atoms with Crippen LogP contribution in [0.4, 0.5) is 0 Å². The zero-order chi connectivity index (χ0) is 20.4. The van der Waals surface area contributed by atoms with Crippen LogP contribution < -0.4 is 0 Å². The van der Waals surface area contributed by atoms with Gasteiger partial charge in [0.15, 0.2) is 5.82 Å². The summed E-state index contributed by atoms with van der Waals surface area (Å²) in [6, 6.07) is 7.80. The van der Waals surface area contributed by atoms with Gasteiger partial charge >= 0.3 is 0 Å². The molecule has 4 rings (SSSR count). The number of hydrogen-bond donors (Lipinski definition) is 0. The SMILES string of the molecule is Cc1noc(C2CCN(C(=O)c3ccccc3SCc3c(C)noc3C)CC2)n1. The number of benzene rings is 1. The van der Waals surface area contributed by atoms with Crippen molar-refractivity contribution in [3.8, 4) is 0 Å². The van der Waals surface area contributed by atoms with E-state index in [2.05, 4.69) is 15.3 Å². The Balaban J connectivity index is 1.43. The molecule has 0 bridgehead atoms. The van der Waals surface area contributed by atoms with Gasteiger partial charge in [-0.25, -0.2) is 0 Å². The van der Waals surface area contributed by atoms with Crippen LogP contribution >= 0.6 is 11.8 Å². The average Bonchev–Trinajstić information content (AvgIpc) is 3.31. The monoisotopic (exact) mass is 412 g/mol. The second-order valence-corrected chi connectivity index (χ2v) is 8.35. The van der Waals surface area contributed by atoms with Crippen molar-refractivity contribution in [1.29, 1.82) is 0 Å². The van der Waals surface area contributed by atoms with Crippen LogP contribution in [0.3, 0.4) is 0 Å². The van der Waals surface area contributed by atoms with Crippen molar-refractivity contribution in [2.75, 3.05) is 13.1 Å². The van der Waals surface area contributed by atoms with Crippen molar-refractivity contribution in [3.63, 3.8) is 0 Å². The van der Waals surface area contributed by atoms with Crippen LogP contribution in [0.1, 0.15) is 57.9 Å². The van der Waals surface area contributed by atoms with E-state index in [1.807, 2.05) is 49.9 Å². The molecule has 29 heavy (non-hydrogen) atoms. The van der Waals surface area contributed by atoms with Crippen LogP contribution in [0.2, 0.25) is 0 Å². The standard InChI is InChI=1S/C21H24N4O3S/c1-13-18(14(2)27-23-13)12-29-19-7-5-4-6-17(19)21(26)25-10-8-16(9-11-25)20-22-15(3)24-28-20/h4-7,16H,8-12H2,1-3H3. The largest absolute Gasteiger partial charge is 0.361 e. The van der Waals surface area contributed by atoms with E-state index in [-0.39, 0.29) is 11.8 Å². The van der Waals surface area contributed by atoms with Gasteiger partial charge < -0.3 is 13.9 Å². The summed E-state index contributed by atoms with van der Waals surface area (Å²) in [6.45, 7) is 7.06. The highest BCUT2D eigenvalue weighted by molar-refractivity contribution is 7.98. The third kappa shape index (κ3) is 4.22. The molecular weight excluding hydrogens is 388 g/mol. The van der Waals surface area contributed by atoms with Gasteiger partial charge in [-0.2, -0.15) is 4.98 Å². The van der Waals surface area contributed by atoms with Gasteiger partial charge in [0.25, 0.3) is 5.91 Å². The van der Waals surface area contributed by atoms with E-state index in [0.29, 0.717) is 24.8 Å². The first-order valence-electron chi connectivity index (χ1n) is 9.76. The highest BCUT2D eigenvalue weighted by Gasteiger charge is 2.28. The minimum Gasteiger partial charge on any atom is -0.361 e. The van der Waals surface area contributed by atoms with E-state index in [9.17, 15) is 4.79 Å². The smallest absolute Gasteiger partial charge is 0.254 e. The summed E-state index contributed by atoms with van der Waals surface area (Å²) in [5, 5.41) is 7.89. The fraction of sp³-hybridized carbons (Fsp3) is 0.429. The molecule has 7 nitrogen and oxygen atoms in total. The van der Waals surface area contributed by atoms with Gasteiger partial charge in [0.1, 0.15) is 5.76 Å². The van der Waals surface area contributed by atoms with E-state index < -0.39 is 0 Å². The van der Waals surface area contributed by atoms with E-state index in [0.717, 1.165) is 46.1 Å². The molecule has 8 heteroatoms. The van der Waals surface area contributed by atoms with E-state index in [1.165, 1.54) is 0 Å². The van der Waals surface area contributed by atoms with Gasteiger partial charge in [0, 0.05) is 35.2 Å². The van der Waals surface area contributed by atoms with Gasteiger partial charge in [-0.15, -0.1) is 11.8 Å². The number of aryl methyl sites for hydroxylation is 3. The van der Waals surface area contributed by atoms with Crippen LogP contribution in [0, 0.1) is 20.8 Å². The first-order chi connectivity index (χ1) is 14.0. The second kappa shape index (κ2) is 8.41. The van der Waals surface area contributed by atoms with Crippen molar-refractivity contribution in [2.45, 2.75) is 50.2 Å². The molecule has 1 aromatic carbocycles. The minimum absolute atomic E-state index is 0.0759. The number of likely N-dealkylation sites (tertiary alicyclic amines) is 1. The van der Waals surface area contributed by atoms with Crippen LogP contribution in [0.25, 0.3) is 0 Å². The summed E-state index contributed by atoms with van der Waals surface area (Å²) in [6.07, 6.45) is 1.67. The maximum Gasteiger partial charge on any atom is 0.254 e. The molecule has 3 heterocycles. The molecule has 1 aliphatic rings. The molecular formula is C21H24N4O3S. The molecule has 1 aliphatic heterocycles. The van der Waals surface area contributed by atoms with Crippen LogP contribution in [0.15, 0.2) is 38.2 Å². The topological polar surface area (TPSA) is 85.3 Å². The van der Waals surface area contributed by atoms with Gasteiger partial charge in [-0.1, -0.05) is 22.4 Å². The highest BCUT2D eigenvalue weighted by atomic mass is 32.2. The minimum atomic E-state index is 0.0759. The van der Waals surface area contributed by atoms with Crippen molar-refractivity contribution in [3.05, 3.63) is 58.6 Å². The Kier molecular flexibility index (Phi) is 5.71. The Labute approximate surface area is 173 Å². The number of carbonyl (C=O) groups excluding carboxylic acids is 1. The molecule has 152 valence electrons. The van der Waals surface area contributed by atoms with Crippen LogP contribution in [-0.4, -0.2) is 39.2 Å². The maximum atomic E-state index is 13.2. The molecule has 0 saturated carbocycles. The van der Waals surface area contributed by atoms with Gasteiger partial charge in [-0.05, 0) is 45.7 Å². The quantitative estimate of drug-likeness (QED) is 0.578. The lowest BCUT2D eigenvalue weighted by Gasteiger charge is -2.31. The fourth-order valence-corrected chi connectivity index (χ4v) is 4.80. The predicted molar refractivity (Wildman–Crippen MR) is 109 cm³/mol. The predicted octanol–water partition coefficient (Wildman–Crippen LogP) is 4.29. The second-order valence-electron chi connectivity index (χ2n) is 7.33. The molecule has 1 fully saturated rings. The lowest BCUT2D eigenvalue weighted by Crippen LogP contribution is -2.38. The van der Waals surface area contributed by atoms with Crippen molar-refractivity contribution >= 4 is 17.7 Å². The van der Waals surface area contributed by atoms with Gasteiger partial charge in [-0.3, -0.25) is 4.79 Å². The van der Waals surface area contributed by atoms with Gasteiger partial charge in [0.2, 0.25) is 5.89 Å². The highest BCUT2D eigenvalue weighted by Crippen LogP contribution is 2.31. The number of hydrogen-bond acceptors (Lipinski definition) is 7. The summed E-state index contributed by atoms with van der Waals surface area (Å²) < 4.78 is 10.6. The Morgan fingerprint density at radius 3 is 2.55 bits per heavy atom. The summed E-state index contributed by atoms with van der Waals surface area (Å²) >= 11 is 1.64. The maximum absolute atomic E-state index is 13.2. The molecule has 1 saturated heterocycles. The molecule has 3 aromatic rings. The molecule has 1 amide bonds. The van der Waals surface area contributed by atoms with E-state index in [4.69, 9.17) is 9.05 Å². The normalized spacial score (nSPS) is 15.1. The van der Waals surface area contributed by atoms with Gasteiger partial charge in [0.05, 0.1) is 11.3 Å². The number of amides is 1. The average molecular weight is 413 g/mol. The van der Waals surface area contributed by atoms with Crippen LogP contribution in [-0.2, 0) is 5.75 Å². The van der Waals surface area contributed by atoms with Crippen molar-refractivity contribution in [1.82, 2.24) is 20.2 Å². The lowest BCUT2D eigenvalue weighted by molar-refractivity contribution is 0.0701. The number of thioether (sulfide) groups is 1. The molecule has 2 aromatic heterocycles. The Morgan fingerprint density at radius 2 is 1.90 bits per heavy atom. The Hall–Kier alpha value is -2.61. The third-order valence-electron chi connectivity index (χ3n) is 5.35. The van der Waals surface area contributed by atoms with Crippen LogP contribution in [0.5, 0.6) is 0 Å². The Bertz CT molecular complexity index is 986. The van der Waals surface area contributed by atoms with Crippen molar-refractivity contribution in [2.24, 2.45) is 0 Å². The number of aromatic nitrogens is 3. The zero-order valence-electron chi connectivity index (χ0n) is 16.8. The third-order valence-corrected chi connectivity index (χ3v) is 6.45.